The van der Waals surface area contributed by atoms with Crippen LogP contribution >= 0.6 is 11.6 Å². The van der Waals surface area contributed by atoms with Gasteiger partial charge in [-0.15, -0.1) is 0 Å². The number of rotatable bonds is 6. The zero-order valence-corrected chi connectivity index (χ0v) is 19.3. The van der Waals surface area contributed by atoms with Crippen molar-refractivity contribution in [2.45, 2.75) is 6.54 Å². The fourth-order valence-electron chi connectivity index (χ4n) is 3.69. The second kappa shape index (κ2) is 10.6. The molecule has 5 nitrogen and oxygen atoms in total. The van der Waals surface area contributed by atoms with E-state index in [-0.39, 0.29) is 11.7 Å². The van der Waals surface area contributed by atoms with Gasteiger partial charge in [0.05, 0.1) is 6.54 Å². The maximum Gasteiger partial charge on any atom is 0.251 e. The van der Waals surface area contributed by atoms with Crippen LogP contribution in [0.5, 0.6) is 0 Å². The van der Waals surface area contributed by atoms with E-state index in [2.05, 4.69) is 21.8 Å². The Kier molecular flexibility index (Phi) is 7.37. The van der Waals surface area contributed by atoms with Crippen LogP contribution in [-0.4, -0.2) is 49.0 Å². The van der Waals surface area contributed by atoms with Gasteiger partial charge in [0, 0.05) is 49.2 Å². The fraction of sp³-hybridized carbons (Fsp3) is 0.231. The van der Waals surface area contributed by atoms with Gasteiger partial charge in [0.1, 0.15) is 11.6 Å². The SMILES string of the molecule is CN1CCN(c2ccc(CN(C(=O)C=Cc3ccccc3Cl)c3ccc(F)cc3)cn2)CC1. The minimum absolute atomic E-state index is 0.232. The molecular formula is C26H26ClFN4O. The maximum atomic E-state index is 13.5. The highest BCUT2D eigenvalue weighted by atomic mass is 35.5. The molecule has 1 aliphatic heterocycles. The Morgan fingerprint density at radius 2 is 1.79 bits per heavy atom. The summed E-state index contributed by atoms with van der Waals surface area (Å²) < 4.78 is 13.5. The first-order chi connectivity index (χ1) is 16.0. The third-order valence-electron chi connectivity index (χ3n) is 5.69. The van der Waals surface area contributed by atoms with E-state index >= 15 is 0 Å². The summed E-state index contributed by atoms with van der Waals surface area (Å²) in [6.07, 6.45) is 4.97. The van der Waals surface area contributed by atoms with E-state index in [0.717, 1.165) is 43.1 Å². The molecule has 4 rings (SSSR count). The predicted molar refractivity (Wildman–Crippen MR) is 132 cm³/mol. The summed E-state index contributed by atoms with van der Waals surface area (Å²) in [5.74, 6) is 0.353. The number of likely N-dealkylation sites (N-methyl/N-ethyl adjacent to an activating group) is 1. The number of carbonyl (C=O) groups excluding carboxylic acids is 1. The molecule has 0 N–H and O–H groups in total. The van der Waals surface area contributed by atoms with Crippen molar-refractivity contribution in [3.05, 3.63) is 94.9 Å². The monoisotopic (exact) mass is 464 g/mol. The van der Waals surface area contributed by atoms with E-state index in [0.29, 0.717) is 17.3 Å². The Morgan fingerprint density at radius 1 is 1.06 bits per heavy atom. The number of carbonyl (C=O) groups is 1. The summed E-state index contributed by atoms with van der Waals surface area (Å²) >= 11 is 6.21. The smallest absolute Gasteiger partial charge is 0.251 e. The van der Waals surface area contributed by atoms with Crippen molar-refractivity contribution < 1.29 is 9.18 Å². The summed E-state index contributed by atoms with van der Waals surface area (Å²) in [5, 5.41) is 0.568. The molecule has 3 aromatic rings. The Bertz CT molecular complexity index is 1110. The van der Waals surface area contributed by atoms with E-state index in [4.69, 9.17) is 11.6 Å². The summed E-state index contributed by atoms with van der Waals surface area (Å²) in [7, 11) is 2.12. The molecule has 2 aromatic carbocycles. The fourth-order valence-corrected chi connectivity index (χ4v) is 3.89. The molecule has 0 radical (unpaired) electrons. The number of nitrogens with zero attached hydrogens (tertiary/aromatic N) is 4. The molecule has 33 heavy (non-hydrogen) atoms. The van der Waals surface area contributed by atoms with Gasteiger partial charge in [-0.2, -0.15) is 0 Å². The van der Waals surface area contributed by atoms with Crippen LogP contribution in [0.3, 0.4) is 0 Å². The zero-order chi connectivity index (χ0) is 23.2. The van der Waals surface area contributed by atoms with Crippen LogP contribution < -0.4 is 9.80 Å². The Hall–Kier alpha value is -3.22. The third-order valence-corrected chi connectivity index (χ3v) is 6.04. The number of benzene rings is 2. The number of amides is 1. The van der Waals surface area contributed by atoms with Gasteiger partial charge in [0.2, 0.25) is 0 Å². The van der Waals surface area contributed by atoms with Gasteiger partial charge in [-0.05, 0) is 60.6 Å². The molecule has 1 saturated heterocycles. The van der Waals surface area contributed by atoms with Gasteiger partial charge in [-0.1, -0.05) is 35.9 Å². The van der Waals surface area contributed by atoms with Gasteiger partial charge in [0.15, 0.2) is 0 Å². The largest absolute Gasteiger partial charge is 0.354 e. The van der Waals surface area contributed by atoms with Crippen molar-refractivity contribution in [1.82, 2.24) is 9.88 Å². The van der Waals surface area contributed by atoms with E-state index in [9.17, 15) is 9.18 Å². The molecule has 0 unspecified atom stereocenters. The molecule has 1 aliphatic rings. The van der Waals surface area contributed by atoms with E-state index < -0.39 is 0 Å². The van der Waals surface area contributed by atoms with Crippen molar-refractivity contribution in [1.29, 1.82) is 0 Å². The van der Waals surface area contributed by atoms with Gasteiger partial charge < -0.3 is 14.7 Å². The van der Waals surface area contributed by atoms with Crippen molar-refractivity contribution in [2.24, 2.45) is 0 Å². The molecule has 1 amide bonds. The van der Waals surface area contributed by atoms with Gasteiger partial charge in [-0.25, -0.2) is 9.37 Å². The van der Waals surface area contributed by atoms with Crippen molar-refractivity contribution in [2.75, 3.05) is 43.0 Å². The average molecular weight is 465 g/mol. The van der Waals surface area contributed by atoms with Crippen molar-refractivity contribution in [3.63, 3.8) is 0 Å². The lowest BCUT2D eigenvalue weighted by atomic mass is 10.2. The molecule has 1 fully saturated rings. The minimum Gasteiger partial charge on any atom is -0.354 e. The quantitative estimate of drug-likeness (QED) is 0.488. The van der Waals surface area contributed by atoms with Gasteiger partial charge in [-0.3, -0.25) is 4.79 Å². The highest BCUT2D eigenvalue weighted by Crippen LogP contribution is 2.21. The standard InChI is InChI=1S/C26H26ClFN4O/c1-30-14-16-31(17-15-30)25-12-6-20(18-29-25)19-32(23-10-8-22(28)9-11-23)26(33)13-7-21-4-2-3-5-24(21)27/h2-13,18H,14-17,19H2,1H3. The number of pyridine rings is 1. The third kappa shape index (κ3) is 5.97. The van der Waals surface area contributed by atoms with Gasteiger partial charge >= 0.3 is 0 Å². The van der Waals surface area contributed by atoms with Crippen LogP contribution in [0, 0.1) is 5.82 Å². The van der Waals surface area contributed by atoms with Crippen LogP contribution in [0.2, 0.25) is 5.02 Å². The summed E-state index contributed by atoms with van der Waals surface area (Å²) in [6.45, 7) is 4.21. The summed E-state index contributed by atoms with van der Waals surface area (Å²) in [5.41, 5.74) is 2.25. The average Bonchev–Trinajstić information content (AvgIpc) is 2.83. The molecule has 0 aliphatic carbocycles. The molecule has 170 valence electrons. The molecule has 0 spiro atoms. The zero-order valence-electron chi connectivity index (χ0n) is 18.5. The Labute approximate surface area is 198 Å². The molecule has 1 aromatic heterocycles. The first-order valence-corrected chi connectivity index (χ1v) is 11.3. The number of piperazine rings is 1. The molecule has 0 bridgehead atoms. The van der Waals surface area contributed by atoms with Crippen LogP contribution in [0.4, 0.5) is 15.9 Å². The first kappa shape index (κ1) is 23.0. The Balaban J connectivity index is 1.53. The van der Waals surface area contributed by atoms with Gasteiger partial charge in [0.25, 0.3) is 5.91 Å². The number of anilines is 2. The van der Waals surface area contributed by atoms with Crippen LogP contribution in [0.15, 0.2) is 72.9 Å². The lowest BCUT2D eigenvalue weighted by Gasteiger charge is -2.33. The first-order valence-electron chi connectivity index (χ1n) is 10.9. The normalized spacial score (nSPS) is 14.6. The summed E-state index contributed by atoms with van der Waals surface area (Å²) in [4.78, 5) is 23.9. The summed E-state index contributed by atoms with van der Waals surface area (Å²) in [6, 6.07) is 17.2. The number of hydrogen-bond acceptors (Lipinski definition) is 4. The second-order valence-corrected chi connectivity index (χ2v) is 8.48. The Morgan fingerprint density at radius 3 is 2.45 bits per heavy atom. The highest BCUT2D eigenvalue weighted by molar-refractivity contribution is 6.32. The maximum absolute atomic E-state index is 13.5. The van der Waals surface area contributed by atoms with Crippen LogP contribution in [0.25, 0.3) is 6.08 Å². The number of aromatic nitrogens is 1. The minimum atomic E-state index is -0.351. The molecule has 0 saturated carbocycles. The van der Waals surface area contributed by atoms with Crippen LogP contribution in [0.1, 0.15) is 11.1 Å². The number of halogens is 2. The molecule has 0 atom stereocenters. The molecular weight excluding hydrogens is 439 g/mol. The highest BCUT2D eigenvalue weighted by Gasteiger charge is 2.17. The van der Waals surface area contributed by atoms with Crippen molar-refractivity contribution in [3.8, 4) is 0 Å². The van der Waals surface area contributed by atoms with Crippen LogP contribution in [-0.2, 0) is 11.3 Å². The topological polar surface area (TPSA) is 39.7 Å². The van der Waals surface area contributed by atoms with E-state index in [1.54, 1.807) is 35.4 Å². The van der Waals surface area contributed by atoms with E-state index in [1.807, 2.05) is 30.3 Å². The predicted octanol–water partition coefficient (Wildman–Crippen LogP) is 4.87. The van der Waals surface area contributed by atoms with Crippen molar-refractivity contribution >= 4 is 35.1 Å². The number of hydrogen-bond donors (Lipinski definition) is 0. The van der Waals surface area contributed by atoms with E-state index in [1.165, 1.54) is 18.2 Å². The molecule has 7 heteroatoms. The molecule has 2 heterocycles. The lowest BCUT2D eigenvalue weighted by molar-refractivity contribution is -0.114. The second-order valence-electron chi connectivity index (χ2n) is 8.07. The lowest BCUT2D eigenvalue weighted by Crippen LogP contribution is -2.44.